The van der Waals surface area contributed by atoms with E-state index in [4.69, 9.17) is 4.74 Å². The predicted molar refractivity (Wildman–Crippen MR) is 90.0 cm³/mol. The van der Waals surface area contributed by atoms with E-state index in [1.165, 1.54) is 0 Å². The zero-order valence-corrected chi connectivity index (χ0v) is 14.2. The summed E-state index contributed by atoms with van der Waals surface area (Å²) < 4.78 is 9.65. The summed E-state index contributed by atoms with van der Waals surface area (Å²) in [4.78, 5) is 20.7. The maximum atomic E-state index is 11.8. The first-order valence-electron chi connectivity index (χ1n) is 8.96. The normalized spacial score (nSPS) is 21.6. The number of fused-ring (bicyclic) bond motifs is 1. The highest BCUT2D eigenvalue weighted by Gasteiger charge is 2.31. The third-order valence-electron chi connectivity index (χ3n) is 5.29. The molecule has 5 rings (SSSR count). The number of ether oxygens (including phenoxy) is 1. The molecule has 0 bridgehead atoms. The second-order valence-corrected chi connectivity index (χ2v) is 7.07. The molecular formula is C17H22N6O2. The molecule has 0 radical (unpaired) electrons. The van der Waals surface area contributed by atoms with Gasteiger partial charge in [0, 0.05) is 51.5 Å². The number of hydrogen-bond donors (Lipinski definition) is 0. The predicted octanol–water partition coefficient (Wildman–Crippen LogP) is 0.793. The molecule has 0 saturated carbocycles. The van der Waals surface area contributed by atoms with Crippen LogP contribution in [0.1, 0.15) is 30.4 Å². The van der Waals surface area contributed by atoms with Gasteiger partial charge >= 0.3 is 0 Å². The van der Waals surface area contributed by atoms with Crippen LogP contribution < -0.4 is 4.90 Å². The number of imidazole rings is 1. The average Bonchev–Trinajstić information content (AvgIpc) is 3.28. The average molecular weight is 342 g/mol. The summed E-state index contributed by atoms with van der Waals surface area (Å²) in [7, 11) is 0. The number of amides is 1. The van der Waals surface area contributed by atoms with Gasteiger partial charge in [-0.3, -0.25) is 14.4 Å². The van der Waals surface area contributed by atoms with E-state index in [2.05, 4.69) is 25.7 Å². The van der Waals surface area contributed by atoms with Crippen LogP contribution in [0.2, 0.25) is 0 Å². The minimum absolute atomic E-state index is 0.211. The summed E-state index contributed by atoms with van der Waals surface area (Å²) in [5, 5.41) is 4.47. The van der Waals surface area contributed by atoms with E-state index in [1.54, 1.807) is 0 Å². The van der Waals surface area contributed by atoms with Crippen LogP contribution in [0, 0.1) is 0 Å². The summed E-state index contributed by atoms with van der Waals surface area (Å²) >= 11 is 0. The Morgan fingerprint density at radius 3 is 2.96 bits per heavy atom. The Balaban J connectivity index is 1.19. The van der Waals surface area contributed by atoms with Crippen molar-refractivity contribution in [1.82, 2.24) is 24.2 Å². The van der Waals surface area contributed by atoms with Crippen LogP contribution in [0.5, 0.6) is 0 Å². The topological polar surface area (TPSA) is 68.4 Å². The van der Waals surface area contributed by atoms with Gasteiger partial charge in [0.15, 0.2) is 0 Å². The van der Waals surface area contributed by atoms with Gasteiger partial charge < -0.3 is 14.2 Å². The largest absolute Gasteiger partial charge is 0.372 e. The lowest BCUT2D eigenvalue weighted by Crippen LogP contribution is -2.47. The highest BCUT2D eigenvalue weighted by molar-refractivity contribution is 5.95. The van der Waals surface area contributed by atoms with Gasteiger partial charge in [0.05, 0.1) is 30.2 Å². The number of aromatic nitrogens is 4. The van der Waals surface area contributed by atoms with Crippen molar-refractivity contribution in [3.05, 3.63) is 30.1 Å². The summed E-state index contributed by atoms with van der Waals surface area (Å²) in [6.07, 6.45) is 7.58. The number of rotatable bonds is 4. The molecule has 8 heteroatoms. The van der Waals surface area contributed by atoms with Crippen molar-refractivity contribution in [2.75, 3.05) is 31.1 Å². The molecule has 132 valence electrons. The molecule has 0 spiro atoms. The summed E-state index contributed by atoms with van der Waals surface area (Å²) in [6.45, 7) is 5.91. The monoisotopic (exact) mass is 342 g/mol. The highest BCUT2D eigenvalue weighted by Crippen LogP contribution is 2.26. The SMILES string of the molecule is O=C1CCCN1c1cnn(C2CN(Cc3cn4c(n3)COCC4)C2)c1. The van der Waals surface area contributed by atoms with Gasteiger partial charge in [-0.05, 0) is 6.42 Å². The van der Waals surface area contributed by atoms with Crippen LogP contribution in [0.3, 0.4) is 0 Å². The van der Waals surface area contributed by atoms with Crippen molar-refractivity contribution < 1.29 is 9.53 Å². The molecule has 2 saturated heterocycles. The number of anilines is 1. The third-order valence-corrected chi connectivity index (χ3v) is 5.29. The minimum Gasteiger partial charge on any atom is -0.372 e. The van der Waals surface area contributed by atoms with Crippen LogP contribution >= 0.6 is 0 Å². The van der Waals surface area contributed by atoms with E-state index in [9.17, 15) is 4.79 Å². The summed E-state index contributed by atoms with van der Waals surface area (Å²) in [5.41, 5.74) is 2.05. The van der Waals surface area contributed by atoms with Crippen molar-refractivity contribution in [1.29, 1.82) is 0 Å². The van der Waals surface area contributed by atoms with Gasteiger partial charge in [-0.1, -0.05) is 0 Å². The molecule has 1 amide bonds. The molecule has 2 aromatic rings. The summed E-state index contributed by atoms with van der Waals surface area (Å²) in [6, 6.07) is 0.382. The Kier molecular flexibility index (Phi) is 3.60. The van der Waals surface area contributed by atoms with E-state index < -0.39 is 0 Å². The molecule has 2 aromatic heterocycles. The van der Waals surface area contributed by atoms with E-state index in [-0.39, 0.29) is 5.91 Å². The van der Waals surface area contributed by atoms with Crippen LogP contribution in [-0.2, 0) is 29.2 Å². The molecule has 3 aliphatic heterocycles. The second kappa shape index (κ2) is 5.96. The van der Waals surface area contributed by atoms with E-state index in [0.29, 0.717) is 19.1 Å². The van der Waals surface area contributed by atoms with E-state index in [1.807, 2.05) is 22.0 Å². The standard InChI is InChI=1S/C17H22N6O2/c24-17-2-1-3-22(17)14-6-18-23(11-14)15-9-20(10-15)7-13-8-21-4-5-25-12-16(21)19-13/h6,8,11,15H,1-5,7,9-10,12H2. The zero-order chi connectivity index (χ0) is 16.8. The van der Waals surface area contributed by atoms with Crippen LogP contribution in [0.25, 0.3) is 0 Å². The maximum absolute atomic E-state index is 11.8. The lowest BCUT2D eigenvalue weighted by Gasteiger charge is -2.38. The zero-order valence-electron chi connectivity index (χ0n) is 14.2. The fourth-order valence-corrected chi connectivity index (χ4v) is 3.88. The fraction of sp³-hybridized carbons (Fsp3) is 0.588. The van der Waals surface area contributed by atoms with Crippen molar-refractivity contribution in [2.45, 2.75) is 38.6 Å². The first-order chi connectivity index (χ1) is 12.3. The second-order valence-electron chi connectivity index (χ2n) is 7.07. The Morgan fingerprint density at radius 2 is 2.16 bits per heavy atom. The fourth-order valence-electron chi connectivity index (χ4n) is 3.88. The number of nitrogens with zero attached hydrogens (tertiary/aromatic N) is 6. The van der Waals surface area contributed by atoms with Gasteiger partial charge in [0.2, 0.25) is 5.91 Å². The van der Waals surface area contributed by atoms with Gasteiger partial charge in [-0.25, -0.2) is 4.98 Å². The molecule has 0 aromatic carbocycles. The van der Waals surface area contributed by atoms with Crippen molar-refractivity contribution in [2.24, 2.45) is 0 Å². The van der Waals surface area contributed by atoms with Crippen molar-refractivity contribution in [3.8, 4) is 0 Å². The Bertz CT molecular complexity index is 767. The molecule has 2 fully saturated rings. The number of hydrogen-bond acceptors (Lipinski definition) is 5. The Hall–Kier alpha value is -2.19. The van der Waals surface area contributed by atoms with Crippen LogP contribution in [-0.4, -0.2) is 56.4 Å². The molecule has 0 N–H and O–H groups in total. The molecule has 0 aliphatic carbocycles. The molecule has 0 unspecified atom stereocenters. The van der Waals surface area contributed by atoms with Gasteiger partial charge in [0.25, 0.3) is 0 Å². The third kappa shape index (κ3) is 2.75. The summed E-state index contributed by atoms with van der Waals surface area (Å²) in [5.74, 6) is 1.24. The van der Waals surface area contributed by atoms with Crippen LogP contribution in [0.4, 0.5) is 5.69 Å². The maximum Gasteiger partial charge on any atom is 0.227 e. The molecule has 0 atom stereocenters. The number of carbonyl (C=O) groups is 1. The molecule has 3 aliphatic rings. The lowest BCUT2D eigenvalue weighted by atomic mass is 10.1. The first kappa shape index (κ1) is 15.1. The quantitative estimate of drug-likeness (QED) is 0.822. The Morgan fingerprint density at radius 1 is 1.24 bits per heavy atom. The first-order valence-corrected chi connectivity index (χ1v) is 8.96. The number of carbonyl (C=O) groups excluding carboxylic acids is 1. The lowest BCUT2D eigenvalue weighted by molar-refractivity contribution is -0.117. The van der Waals surface area contributed by atoms with Crippen molar-refractivity contribution in [3.63, 3.8) is 0 Å². The molecule has 25 heavy (non-hydrogen) atoms. The van der Waals surface area contributed by atoms with Crippen molar-refractivity contribution >= 4 is 11.6 Å². The van der Waals surface area contributed by atoms with E-state index in [0.717, 1.165) is 63.0 Å². The molecule has 8 nitrogen and oxygen atoms in total. The smallest absolute Gasteiger partial charge is 0.227 e. The van der Waals surface area contributed by atoms with E-state index >= 15 is 0 Å². The molecule has 5 heterocycles. The van der Waals surface area contributed by atoms with Crippen LogP contribution in [0.15, 0.2) is 18.6 Å². The minimum atomic E-state index is 0.211. The van der Waals surface area contributed by atoms with Gasteiger partial charge in [-0.2, -0.15) is 5.10 Å². The van der Waals surface area contributed by atoms with Gasteiger partial charge in [0.1, 0.15) is 12.4 Å². The van der Waals surface area contributed by atoms with Gasteiger partial charge in [-0.15, -0.1) is 0 Å². The Labute approximate surface area is 146 Å². The molecular weight excluding hydrogens is 320 g/mol. The number of likely N-dealkylation sites (tertiary alicyclic amines) is 1. The highest BCUT2D eigenvalue weighted by atomic mass is 16.5.